The Bertz CT molecular complexity index is 707. The van der Waals surface area contributed by atoms with E-state index >= 15 is 0 Å². The number of esters is 1. The molecule has 2 aromatic rings. The van der Waals surface area contributed by atoms with Gasteiger partial charge in [-0.15, -0.1) is 0 Å². The molecule has 4 nitrogen and oxygen atoms in total. The summed E-state index contributed by atoms with van der Waals surface area (Å²) in [4.78, 5) is 23.8. The minimum atomic E-state index is -0.442. The zero-order chi connectivity index (χ0) is 16.8. The first-order valence-electron chi connectivity index (χ1n) is 7.07. The van der Waals surface area contributed by atoms with Crippen molar-refractivity contribution in [2.75, 3.05) is 13.7 Å². The van der Waals surface area contributed by atoms with E-state index in [1.165, 1.54) is 0 Å². The van der Waals surface area contributed by atoms with E-state index in [0.717, 1.165) is 15.6 Å². The molecule has 0 unspecified atom stereocenters. The molecule has 0 radical (unpaired) electrons. The lowest BCUT2D eigenvalue weighted by Gasteiger charge is -2.07. The van der Waals surface area contributed by atoms with Gasteiger partial charge in [0.1, 0.15) is 5.75 Å². The highest BCUT2D eigenvalue weighted by atomic mass is 79.9. The van der Waals surface area contributed by atoms with E-state index < -0.39 is 5.97 Å². The molecule has 0 amide bonds. The summed E-state index contributed by atoms with van der Waals surface area (Å²) >= 11 is 3.36. The first-order valence-corrected chi connectivity index (χ1v) is 7.87. The number of halogens is 1. The van der Waals surface area contributed by atoms with Crippen molar-refractivity contribution in [3.8, 4) is 5.75 Å². The molecule has 0 aliphatic carbocycles. The second-order valence-electron chi connectivity index (χ2n) is 5.10. The lowest BCUT2D eigenvalue weighted by Crippen LogP contribution is -2.15. The molecule has 0 saturated carbocycles. The van der Waals surface area contributed by atoms with Crippen LogP contribution >= 0.6 is 15.9 Å². The molecule has 0 aromatic heterocycles. The highest BCUT2D eigenvalue weighted by Crippen LogP contribution is 2.25. The van der Waals surface area contributed by atoms with Crippen molar-refractivity contribution in [2.24, 2.45) is 0 Å². The predicted molar refractivity (Wildman–Crippen MR) is 90.9 cm³/mol. The quantitative estimate of drug-likeness (QED) is 0.569. The number of methoxy groups -OCH3 is 1. The van der Waals surface area contributed by atoms with Crippen molar-refractivity contribution < 1.29 is 19.1 Å². The number of carbonyl (C=O) groups is 2. The minimum Gasteiger partial charge on any atom is -0.496 e. The van der Waals surface area contributed by atoms with E-state index in [1.807, 2.05) is 19.1 Å². The second-order valence-corrected chi connectivity index (χ2v) is 5.95. The van der Waals surface area contributed by atoms with Crippen LogP contribution < -0.4 is 4.74 Å². The van der Waals surface area contributed by atoms with Gasteiger partial charge in [0.05, 0.1) is 18.0 Å². The van der Waals surface area contributed by atoms with Gasteiger partial charge in [-0.2, -0.15) is 0 Å². The second kappa shape index (κ2) is 7.92. The van der Waals surface area contributed by atoms with E-state index in [-0.39, 0.29) is 18.8 Å². The summed E-state index contributed by atoms with van der Waals surface area (Å²) in [5.41, 5.74) is 2.39. The molecule has 120 valence electrons. The molecule has 0 aliphatic heterocycles. The van der Waals surface area contributed by atoms with Crippen LogP contribution in [0.5, 0.6) is 5.75 Å². The first kappa shape index (κ1) is 17.2. The summed E-state index contributed by atoms with van der Waals surface area (Å²) in [6.07, 6.45) is 0.101. The average molecular weight is 377 g/mol. The molecular formula is C18H17BrO4. The van der Waals surface area contributed by atoms with E-state index in [9.17, 15) is 9.59 Å². The number of rotatable bonds is 6. The monoisotopic (exact) mass is 376 g/mol. The maximum atomic E-state index is 11.9. The smallest absolute Gasteiger partial charge is 0.310 e. The van der Waals surface area contributed by atoms with Crippen LogP contribution in [-0.4, -0.2) is 25.5 Å². The molecule has 2 aromatic carbocycles. The number of ketones is 1. The molecule has 0 saturated heterocycles. The van der Waals surface area contributed by atoms with Crippen LogP contribution in [0.15, 0.2) is 46.9 Å². The number of benzene rings is 2. The largest absolute Gasteiger partial charge is 0.496 e. The van der Waals surface area contributed by atoms with Crippen LogP contribution in [-0.2, 0) is 16.0 Å². The lowest BCUT2D eigenvalue weighted by atomic mass is 10.1. The Morgan fingerprint density at radius 1 is 1.09 bits per heavy atom. The van der Waals surface area contributed by atoms with Crippen LogP contribution in [0.4, 0.5) is 0 Å². The van der Waals surface area contributed by atoms with Crippen molar-refractivity contribution in [2.45, 2.75) is 13.3 Å². The number of hydrogen-bond donors (Lipinski definition) is 0. The third kappa shape index (κ3) is 4.93. The molecule has 2 rings (SSSR count). The summed E-state index contributed by atoms with van der Waals surface area (Å²) in [5, 5.41) is 0. The Morgan fingerprint density at radius 2 is 1.78 bits per heavy atom. The maximum Gasteiger partial charge on any atom is 0.310 e. The predicted octanol–water partition coefficient (Wildman–Crippen LogP) is 3.73. The standard InChI is InChI=1S/C18H17BrO4/c1-12-3-6-14(7-4-12)16(20)11-23-18(21)10-13-5-8-17(22-2)15(19)9-13/h3-9H,10-11H2,1-2H3. The zero-order valence-corrected chi connectivity index (χ0v) is 14.6. The summed E-state index contributed by atoms with van der Waals surface area (Å²) < 4.78 is 11.0. The summed E-state index contributed by atoms with van der Waals surface area (Å²) in [6, 6.07) is 12.5. The number of carbonyl (C=O) groups excluding carboxylic acids is 2. The molecule has 0 spiro atoms. The van der Waals surface area contributed by atoms with Gasteiger partial charge in [0.15, 0.2) is 12.4 Å². The Morgan fingerprint density at radius 3 is 2.39 bits per heavy atom. The van der Waals surface area contributed by atoms with Crippen molar-refractivity contribution in [1.29, 1.82) is 0 Å². The lowest BCUT2D eigenvalue weighted by molar-refractivity contribution is -0.141. The molecule has 0 N–H and O–H groups in total. The fourth-order valence-electron chi connectivity index (χ4n) is 2.01. The summed E-state index contributed by atoms with van der Waals surface area (Å²) in [5.74, 6) is 0.0356. The van der Waals surface area contributed by atoms with Gasteiger partial charge in [-0.25, -0.2) is 0 Å². The Balaban J connectivity index is 1.88. The maximum absolute atomic E-state index is 11.9. The average Bonchev–Trinajstić information content (AvgIpc) is 2.53. The highest BCUT2D eigenvalue weighted by molar-refractivity contribution is 9.10. The van der Waals surface area contributed by atoms with Gasteiger partial charge in [-0.3, -0.25) is 9.59 Å². The number of aryl methyl sites for hydroxylation is 1. The molecule has 0 heterocycles. The Labute approximate surface area is 143 Å². The van der Waals surface area contributed by atoms with E-state index in [2.05, 4.69) is 15.9 Å². The molecule has 23 heavy (non-hydrogen) atoms. The first-order chi connectivity index (χ1) is 11.0. The van der Waals surface area contributed by atoms with Gasteiger partial charge in [-0.05, 0) is 40.5 Å². The van der Waals surface area contributed by atoms with Crippen LogP contribution in [0, 0.1) is 6.92 Å². The molecule has 0 atom stereocenters. The van der Waals surface area contributed by atoms with Gasteiger partial charge in [0, 0.05) is 5.56 Å². The normalized spacial score (nSPS) is 10.2. The number of ether oxygens (including phenoxy) is 2. The zero-order valence-electron chi connectivity index (χ0n) is 13.0. The highest BCUT2D eigenvalue weighted by Gasteiger charge is 2.11. The SMILES string of the molecule is COc1ccc(CC(=O)OCC(=O)c2ccc(C)cc2)cc1Br. The topological polar surface area (TPSA) is 52.6 Å². The number of Topliss-reactive ketones (excluding diaryl/α,β-unsaturated/α-hetero) is 1. The van der Waals surface area contributed by atoms with Gasteiger partial charge >= 0.3 is 5.97 Å². The van der Waals surface area contributed by atoms with Gasteiger partial charge in [0.2, 0.25) is 0 Å². The van der Waals surface area contributed by atoms with Crippen LogP contribution in [0.1, 0.15) is 21.5 Å². The van der Waals surface area contributed by atoms with Gasteiger partial charge in [0.25, 0.3) is 0 Å². The fourth-order valence-corrected chi connectivity index (χ4v) is 2.59. The van der Waals surface area contributed by atoms with Gasteiger partial charge < -0.3 is 9.47 Å². The number of hydrogen-bond acceptors (Lipinski definition) is 4. The minimum absolute atomic E-state index is 0.101. The van der Waals surface area contributed by atoms with E-state index in [1.54, 1.807) is 37.4 Å². The fraction of sp³-hybridized carbons (Fsp3) is 0.222. The van der Waals surface area contributed by atoms with Crippen molar-refractivity contribution in [3.05, 3.63) is 63.6 Å². The third-order valence-electron chi connectivity index (χ3n) is 3.30. The van der Waals surface area contributed by atoms with E-state index in [0.29, 0.717) is 11.3 Å². The van der Waals surface area contributed by atoms with Gasteiger partial charge in [-0.1, -0.05) is 35.9 Å². The summed E-state index contributed by atoms with van der Waals surface area (Å²) in [7, 11) is 1.57. The Hall–Kier alpha value is -2.14. The van der Waals surface area contributed by atoms with Crippen molar-refractivity contribution >= 4 is 27.7 Å². The van der Waals surface area contributed by atoms with Crippen molar-refractivity contribution in [3.63, 3.8) is 0 Å². The molecule has 5 heteroatoms. The van der Waals surface area contributed by atoms with Crippen molar-refractivity contribution in [1.82, 2.24) is 0 Å². The Kier molecular flexibility index (Phi) is 5.93. The van der Waals surface area contributed by atoms with Crippen LogP contribution in [0.3, 0.4) is 0 Å². The van der Waals surface area contributed by atoms with Crippen LogP contribution in [0.2, 0.25) is 0 Å². The third-order valence-corrected chi connectivity index (χ3v) is 3.92. The van der Waals surface area contributed by atoms with E-state index in [4.69, 9.17) is 9.47 Å². The molecule has 0 aliphatic rings. The molecular weight excluding hydrogens is 360 g/mol. The molecule has 0 bridgehead atoms. The summed E-state index contributed by atoms with van der Waals surface area (Å²) in [6.45, 7) is 1.69. The van der Waals surface area contributed by atoms with Crippen LogP contribution in [0.25, 0.3) is 0 Å². The molecule has 0 fully saturated rings.